The van der Waals surface area contributed by atoms with Gasteiger partial charge >= 0.3 is 0 Å². The molecule has 0 radical (unpaired) electrons. The van der Waals surface area contributed by atoms with Crippen molar-refractivity contribution in [1.29, 1.82) is 5.26 Å². The minimum Gasteiger partial charge on any atom is -0.294 e. The molecule has 0 atom stereocenters. The Labute approximate surface area is 84.2 Å². The Bertz CT molecular complexity index is 363. The summed E-state index contributed by atoms with van der Waals surface area (Å²) in [5.74, 6) is 0.0731. The molecule has 1 aromatic carbocycles. The van der Waals surface area contributed by atoms with Crippen LogP contribution in [0.2, 0.25) is 0 Å². The largest absolute Gasteiger partial charge is 0.294 e. The fraction of sp³-hybridized carbons (Fsp3) is 0.333. The fourth-order valence-corrected chi connectivity index (χ4v) is 1.40. The molecule has 2 heteroatoms. The summed E-state index contributed by atoms with van der Waals surface area (Å²) in [6, 6.07) is 9.57. The van der Waals surface area contributed by atoms with E-state index in [9.17, 15) is 4.79 Å². The van der Waals surface area contributed by atoms with E-state index in [1.807, 2.05) is 37.3 Å². The van der Waals surface area contributed by atoms with Crippen LogP contribution in [0.25, 0.3) is 0 Å². The maximum absolute atomic E-state index is 11.6. The van der Waals surface area contributed by atoms with Gasteiger partial charge in [-0.2, -0.15) is 5.26 Å². The summed E-state index contributed by atoms with van der Waals surface area (Å²) in [6.45, 7) is 2.02. The molecule has 0 aliphatic heterocycles. The number of carbonyl (C=O) groups is 1. The third-order valence-electron chi connectivity index (χ3n) is 2.16. The second-order valence-electron chi connectivity index (χ2n) is 3.09. The third-order valence-corrected chi connectivity index (χ3v) is 2.16. The van der Waals surface area contributed by atoms with Gasteiger partial charge in [0.2, 0.25) is 0 Å². The van der Waals surface area contributed by atoms with Crippen LogP contribution in [0.5, 0.6) is 0 Å². The molecule has 0 saturated heterocycles. The number of ketones is 1. The lowest BCUT2D eigenvalue weighted by atomic mass is 9.99. The summed E-state index contributed by atoms with van der Waals surface area (Å²) >= 11 is 0. The molecule has 0 heterocycles. The van der Waals surface area contributed by atoms with Gasteiger partial charge < -0.3 is 0 Å². The van der Waals surface area contributed by atoms with Crippen LogP contribution < -0.4 is 0 Å². The first-order valence-corrected chi connectivity index (χ1v) is 4.77. The summed E-state index contributed by atoms with van der Waals surface area (Å²) in [5.41, 5.74) is 1.83. The fourth-order valence-electron chi connectivity index (χ4n) is 1.40. The molecule has 0 N–H and O–H groups in total. The number of Topliss-reactive ketones (excluding diaryl/α,β-unsaturated/α-hetero) is 1. The van der Waals surface area contributed by atoms with Crippen molar-refractivity contribution in [2.24, 2.45) is 0 Å². The highest BCUT2D eigenvalue weighted by molar-refractivity contribution is 5.97. The molecule has 14 heavy (non-hydrogen) atoms. The van der Waals surface area contributed by atoms with Gasteiger partial charge in [0.15, 0.2) is 5.78 Å². The number of benzene rings is 1. The molecule has 1 aromatic rings. The lowest BCUT2D eigenvalue weighted by molar-refractivity contribution is 0.0983. The number of carbonyl (C=O) groups excluding carboxylic acids is 1. The van der Waals surface area contributed by atoms with Crippen molar-refractivity contribution >= 4 is 5.78 Å². The summed E-state index contributed by atoms with van der Waals surface area (Å²) in [6.07, 6.45) is 1.48. The monoisotopic (exact) mass is 187 g/mol. The molecule has 0 bridgehead atoms. The molecule has 0 saturated carbocycles. The van der Waals surface area contributed by atoms with E-state index in [0.29, 0.717) is 12.8 Å². The minimum atomic E-state index is 0.0731. The minimum absolute atomic E-state index is 0.0731. The van der Waals surface area contributed by atoms with Crippen molar-refractivity contribution in [1.82, 2.24) is 0 Å². The van der Waals surface area contributed by atoms with Crippen molar-refractivity contribution in [3.8, 4) is 6.07 Å². The Balaban J connectivity index is 2.84. The number of nitrogens with zero attached hydrogens (tertiary/aromatic N) is 1. The Morgan fingerprint density at radius 3 is 2.79 bits per heavy atom. The number of rotatable bonds is 4. The summed E-state index contributed by atoms with van der Waals surface area (Å²) in [7, 11) is 0. The lowest BCUT2D eigenvalue weighted by Gasteiger charge is -2.04. The zero-order valence-electron chi connectivity index (χ0n) is 8.29. The summed E-state index contributed by atoms with van der Waals surface area (Å²) < 4.78 is 0. The highest BCUT2D eigenvalue weighted by atomic mass is 16.1. The van der Waals surface area contributed by atoms with Gasteiger partial charge in [-0.25, -0.2) is 0 Å². The SMILES string of the molecule is CCc1ccccc1C(=O)CCC#N. The maximum atomic E-state index is 11.6. The summed E-state index contributed by atoms with van der Waals surface area (Å²) in [4.78, 5) is 11.6. The van der Waals surface area contributed by atoms with Gasteiger partial charge in [-0.3, -0.25) is 4.79 Å². The lowest BCUT2D eigenvalue weighted by Crippen LogP contribution is -2.02. The molecule has 1 rings (SSSR count). The van der Waals surface area contributed by atoms with Crippen molar-refractivity contribution in [3.05, 3.63) is 35.4 Å². The van der Waals surface area contributed by atoms with Crippen molar-refractivity contribution < 1.29 is 4.79 Å². The molecular formula is C12H13NO. The molecule has 0 spiro atoms. The van der Waals surface area contributed by atoms with Crippen LogP contribution in [0.4, 0.5) is 0 Å². The molecule has 0 amide bonds. The normalized spacial score (nSPS) is 9.43. The first-order chi connectivity index (χ1) is 6.79. The molecule has 0 unspecified atom stereocenters. The maximum Gasteiger partial charge on any atom is 0.164 e. The topological polar surface area (TPSA) is 40.9 Å². The molecule has 2 nitrogen and oxygen atoms in total. The van der Waals surface area contributed by atoms with Crippen LogP contribution >= 0.6 is 0 Å². The van der Waals surface area contributed by atoms with Gasteiger partial charge in [0.25, 0.3) is 0 Å². The zero-order chi connectivity index (χ0) is 10.4. The quantitative estimate of drug-likeness (QED) is 0.680. The van der Waals surface area contributed by atoms with E-state index in [1.165, 1.54) is 0 Å². The van der Waals surface area contributed by atoms with Crippen LogP contribution in [0.3, 0.4) is 0 Å². The van der Waals surface area contributed by atoms with Crippen molar-refractivity contribution in [2.45, 2.75) is 26.2 Å². The first kappa shape index (κ1) is 10.5. The van der Waals surface area contributed by atoms with Crippen molar-refractivity contribution in [2.75, 3.05) is 0 Å². The molecule has 0 aromatic heterocycles. The average Bonchev–Trinajstić information content (AvgIpc) is 2.25. The molecule has 0 aliphatic carbocycles. The van der Waals surface area contributed by atoms with Gasteiger partial charge in [-0.1, -0.05) is 31.2 Å². The van der Waals surface area contributed by atoms with Gasteiger partial charge in [0, 0.05) is 18.4 Å². The van der Waals surface area contributed by atoms with E-state index in [2.05, 4.69) is 0 Å². The predicted octanol–water partition coefficient (Wildman–Crippen LogP) is 2.74. The zero-order valence-corrected chi connectivity index (χ0v) is 8.29. The average molecular weight is 187 g/mol. The molecular weight excluding hydrogens is 174 g/mol. The van der Waals surface area contributed by atoms with Gasteiger partial charge in [0.1, 0.15) is 0 Å². The Kier molecular flexibility index (Phi) is 3.87. The van der Waals surface area contributed by atoms with E-state index in [0.717, 1.165) is 17.5 Å². The molecule has 0 aliphatic rings. The molecule has 0 fully saturated rings. The van der Waals surface area contributed by atoms with Crippen molar-refractivity contribution in [3.63, 3.8) is 0 Å². The van der Waals surface area contributed by atoms with E-state index in [4.69, 9.17) is 5.26 Å². The predicted molar refractivity (Wildman–Crippen MR) is 55.0 cm³/mol. The van der Waals surface area contributed by atoms with Crippen LogP contribution in [0.1, 0.15) is 35.7 Å². The van der Waals surface area contributed by atoms with Gasteiger partial charge in [-0.05, 0) is 12.0 Å². The first-order valence-electron chi connectivity index (χ1n) is 4.77. The number of hydrogen-bond acceptors (Lipinski definition) is 2. The van der Waals surface area contributed by atoms with Crippen LogP contribution in [0.15, 0.2) is 24.3 Å². The Morgan fingerprint density at radius 1 is 1.43 bits per heavy atom. The number of nitriles is 1. The highest BCUT2D eigenvalue weighted by Crippen LogP contribution is 2.12. The smallest absolute Gasteiger partial charge is 0.164 e. The third kappa shape index (κ3) is 2.43. The van der Waals surface area contributed by atoms with Crippen LogP contribution in [0, 0.1) is 11.3 Å². The second kappa shape index (κ2) is 5.18. The van der Waals surface area contributed by atoms with Gasteiger partial charge in [0.05, 0.1) is 6.07 Å². The number of hydrogen-bond donors (Lipinski definition) is 0. The molecule has 72 valence electrons. The summed E-state index contributed by atoms with van der Waals surface area (Å²) in [5, 5.41) is 8.39. The van der Waals surface area contributed by atoms with Gasteiger partial charge in [-0.15, -0.1) is 0 Å². The van der Waals surface area contributed by atoms with E-state index in [1.54, 1.807) is 0 Å². The van der Waals surface area contributed by atoms with E-state index in [-0.39, 0.29) is 5.78 Å². The van der Waals surface area contributed by atoms with Crippen LogP contribution in [-0.2, 0) is 6.42 Å². The Morgan fingerprint density at radius 2 is 2.14 bits per heavy atom. The Hall–Kier alpha value is -1.62. The van der Waals surface area contributed by atoms with E-state index >= 15 is 0 Å². The van der Waals surface area contributed by atoms with Crippen LogP contribution in [-0.4, -0.2) is 5.78 Å². The number of aryl methyl sites for hydroxylation is 1. The second-order valence-corrected chi connectivity index (χ2v) is 3.09. The highest BCUT2D eigenvalue weighted by Gasteiger charge is 2.08. The van der Waals surface area contributed by atoms with E-state index < -0.39 is 0 Å². The standard InChI is InChI=1S/C12H13NO/c1-2-10-6-3-4-7-11(10)12(14)8-5-9-13/h3-4,6-7H,2,5,8H2,1H3.